The van der Waals surface area contributed by atoms with Gasteiger partial charge in [0.1, 0.15) is 11.6 Å². The van der Waals surface area contributed by atoms with Gasteiger partial charge >= 0.3 is 0 Å². The Balaban J connectivity index is 1.76. The first-order valence-corrected chi connectivity index (χ1v) is 7.79. The number of anilines is 2. The maximum Gasteiger partial charge on any atom is 0.233 e. The Hall–Kier alpha value is -2.47. The van der Waals surface area contributed by atoms with E-state index in [1.165, 1.54) is 21.9 Å². The Morgan fingerprint density at radius 1 is 1.38 bits per heavy atom. The van der Waals surface area contributed by atoms with Crippen molar-refractivity contribution < 1.29 is 14.0 Å². The van der Waals surface area contributed by atoms with Crippen LogP contribution in [0.1, 0.15) is 6.42 Å². The van der Waals surface area contributed by atoms with Crippen molar-refractivity contribution in [2.24, 2.45) is 5.92 Å². The molecule has 2 amide bonds. The number of halogens is 2. The number of aromatic nitrogens is 1. The molecule has 1 saturated heterocycles. The fourth-order valence-electron chi connectivity index (χ4n) is 2.71. The predicted molar refractivity (Wildman–Crippen MR) is 89.5 cm³/mol. The molecule has 0 aliphatic carbocycles. The van der Waals surface area contributed by atoms with Crippen LogP contribution in [-0.2, 0) is 9.59 Å². The van der Waals surface area contributed by atoms with Crippen molar-refractivity contribution in [3.8, 4) is 0 Å². The molecule has 124 valence electrons. The van der Waals surface area contributed by atoms with Crippen LogP contribution in [0, 0.1) is 11.7 Å². The molecule has 5 nitrogen and oxygen atoms in total. The van der Waals surface area contributed by atoms with E-state index in [-0.39, 0.29) is 29.8 Å². The summed E-state index contributed by atoms with van der Waals surface area (Å²) in [6.45, 7) is 0.204. The molecule has 1 unspecified atom stereocenters. The Morgan fingerprint density at radius 2 is 2.17 bits per heavy atom. The molecule has 24 heavy (non-hydrogen) atoms. The quantitative estimate of drug-likeness (QED) is 0.858. The Bertz CT molecular complexity index is 785. The number of rotatable bonds is 3. The molecule has 1 fully saturated rings. The van der Waals surface area contributed by atoms with E-state index >= 15 is 0 Å². The predicted octanol–water partition coefficient (Wildman–Crippen LogP) is 2.89. The van der Waals surface area contributed by atoms with Gasteiger partial charge in [0.05, 0.1) is 10.9 Å². The molecule has 7 heteroatoms. The second-order valence-corrected chi connectivity index (χ2v) is 6.00. The van der Waals surface area contributed by atoms with Crippen LogP contribution in [0.15, 0.2) is 42.6 Å². The van der Waals surface area contributed by atoms with Gasteiger partial charge in [0.25, 0.3) is 0 Å². The Kier molecular flexibility index (Phi) is 4.49. The van der Waals surface area contributed by atoms with Crippen LogP contribution in [0.5, 0.6) is 0 Å². The number of carbonyl (C=O) groups is 2. The fraction of sp³-hybridized carbons (Fsp3) is 0.235. The van der Waals surface area contributed by atoms with E-state index < -0.39 is 11.7 Å². The van der Waals surface area contributed by atoms with Crippen LogP contribution in [0.2, 0.25) is 5.02 Å². The highest BCUT2D eigenvalue weighted by Gasteiger charge is 2.37. The molecule has 1 aromatic carbocycles. The van der Waals surface area contributed by atoms with Crippen LogP contribution < -0.4 is 9.80 Å². The van der Waals surface area contributed by atoms with Gasteiger partial charge in [-0.1, -0.05) is 17.7 Å². The van der Waals surface area contributed by atoms with Crippen molar-refractivity contribution in [1.29, 1.82) is 0 Å². The summed E-state index contributed by atoms with van der Waals surface area (Å²) < 4.78 is 13.6. The number of amides is 2. The molecule has 0 spiro atoms. The zero-order valence-corrected chi connectivity index (χ0v) is 13.7. The van der Waals surface area contributed by atoms with E-state index in [4.69, 9.17) is 11.6 Å². The largest absolute Gasteiger partial charge is 0.311 e. The van der Waals surface area contributed by atoms with E-state index in [1.807, 2.05) is 0 Å². The van der Waals surface area contributed by atoms with E-state index in [2.05, 4.69) is 4.98 Å². The highest BCUT2D eigenvalue weighted by Crippen LogP contribution is 2.29. The van der Waals surface area contributed by atoms with Crippen molar-refractivity contribution in [2.45, 2.75) is 6.42 Å². The third-order valence-corrected chi connectivity index (χ3v) is 4.32. The third kappa shape index (κ3) is 3.10. The smallest absolute Gasteiger partial charge is 0.233 e. The normalized spacial score (nSPS) is 17.2. The first-order chi connectivity index (χ1) is 11.5. The fourth-order valence-corrected chi connectivity index (χ4v) is 2.83. The van der Waals surface area contributed by atoms with Gasteiger partial charge in [-0.25, -0.2) is 9.37 Å². The summed E-state index contributed by atoms with van der Waals surface area (Å²) in [7, 11) is 1.62. The summed E-state index contributed by atoms with van der Waals surface area (Å²) in [5, 5.41) is -0.00657. The van der Waals surface area contributed by atoms with Gasteiger partial charge in [-0.05, 0) is 30.3 Å². The zero-order chi connectivity index (χ0) is 17.3. The summed E-state index contributed by atoms with van der Waals surface area (Å²) in [5.41, 5.74) is 0.401. The van der Waals surface area contributed by atoms with Gasteiger partial charge in [-0.3, -0.25) is 14.5 Å². The van der Waals surface area contributed by atoms with Gasteiger partial charge in [0.15, 0.2) is 0 Å². The number of pyridine rings is 1. The van der Waals surface area contributed by atoms with Crippen LogP contribution in [0.4, 0.5) is 15.9 Å². The lowest BCUT2D eigenvalue weighted by Gasteiger charge is -2.20. The van der Waals surface area contributed by atoms with Gasteiger partial charge in [0.2, 0.25) is 11.8 Å². The minimum absolute atomic E-state index is 0.00657. The van der Waals surface area contributed by atoms with E-state index in [0.29, 0.717) is 11.5 Å². The highest BCUT2D eigenvalue weighted by atomic mass is 35.5. The number of carbonyl (C=O) groups excluding carboxylic acids is 2. The minimum Gasteiger partial charge on any atom is -0.311 e. The molecule has 0 bridgehead atoms. The maximum absolute atomic E-state index is 13.6. The van der Waals surface area contributed by atoms with Crippen molar-refractivity contribution in [1.82, 2.24) is 4.98 Å². The Labute approximate surface area is 143 Å². The average molecular weight is 348 g/mol. The van der Waals surface area contributed by atoms with Crippen LogP contribution in [-0.4, -0.2) is 30.4 Å². The molecule has 2 aromatic rings. The van der Waals surface area contributed by atoms with Gasteiger partial charge in [-0.2, -0.15) is 0 Å². The molecule has 1 aliphatic rings. The molecule has 0 radical (unpaired) electrons. The van der Waals surface area contributed by atoms with Crippen LogP contribution >= 0.6 is 11.6 Å². The van der Waals surface area contributed by atoms with E-state index in [9.17, 15) is 14.0 Å². The maximum atomic E-state index is 13.6. The molecule has 2 heterocycles. The highest BCUT2D eigenvalue weighted by molar-refractivity contribution is 6.30. The molecular formula is C17H15ClFN3O2. The van der Waals surface area contributed by atoms with E-state index in [1.54, 1.807) is 37.5 Å². The summed E-state index contributed by atoms with van der Waals surface area (Å²) in [4.78, 5) is 31.8. The molecule has 1 atom stereocenters. The van der Waals surface area contributed by atoms with Gasteiger partial charge in [0, 0.05) is 31.9 Å². The summed E-state index contributed by atoms with van der Waals surface area (Å²) in [6, 6.07) is 9.44. The van der Waals surface area contributed by atoms with Crippen molar-refractivity contribution in [3.05, 3.63) is 53.4 Å². The average Bonchev–Trinajstić information content (AvgIpc) is 2.98. The standard InChI is InChI=1S/C17H15ClFN3O2/c1-21(15-4-2-3-7-20-15)17(24)11-8-16(23)22(10-11)12-5-6-13(18)14(19)9-12/h2-7,9,11H,8,10H2,1H3. The summed E-state index contributed by atoms with van der Waals surface area (Å²) in [6.07, 6.45) is 1.68. The molecule has 1 aliphatic heterocycles. The molecule has 0 N–H and O–H groups in total. The van der Waals surface area contributed by atoms with E-state index in [0.717, 1.165) is 0 Å². The Morgan fingerprint density at radius 3 is 2.83 bits per heavy atom. The number of hydrogen-bond acceptors (Lipinski definition) is 3. The number of hydrogen-bond donors (Lipinski definition) is 0. The number of nitrogens with zero attached hydrogens (tertiary/aromatic N) is 3. The lowest BCUT2D eigenvalue weighted by Crippen LogP contribution is -2.35. The van der Waals surface area contributed by atoms with Crippen molar-refractivity contribution in [3.63, 3.8) is 0 Å². The molecule has 0 saturated carbocycles. The van der Waals surface area contributed by atoms with Gasteiger partial charge < -0.3 is 4.90 Å². The third-order valence-electron chi connectivity index (χ3n) is 4.01. The second kappa shape index (κ2) is 6.57. The lowest BCUT2D eigenvalue weighted by atomic mass is 10.1. The van der Waals surface area contributed by atoms with Crippen molar-refractivity contribution in [2.75, 3.05) is 23.4 Å². The SMILES string of the molecule is CN(C(=O)C1CC(=O)N(c2ccc(Cl)c(F)c2)C1)c1ccccn1. The molecular weight excluding hydrogens is 333 g/mol. The first kappa shape index (κ1) is 16.4. The minimum atomic E-state index is -0.595. The lowest BCUT2D eigenvalue weighted by molar-refractivity contribution is -0.124. The number of benzene rings is 1. The first-order valence-electron chi connectivity index (χ1n) is 7.41. The zero-order valence-electron chi connectivity index (χ0n) is 12.9. The van der Waals surface area contributed by atoms with Crippen LogP contribution in [0.3, 0.4) is 0 Å². The summed E-state index contributed by atoms with van der Waals surface area (Å²) in [5.74, 6) is -0.986. The molecule has 3 rings (SSSR count). The summed E-state index contributed by atoms with van der Waals surface area (Å²) >= 11 is 5.67. The topological polar surface area (TPSA) is 53.5 Å². The monoisotopic (exact) mass is 347 g/mol. The second-order valence-electron chi connectivity index (χ2n) is 5.59. The van der Waals surface area contributed by atoms with Crippen LogP contribution in [0.25, 0.3) is 0 Å². The van der Waals surface area contributed by atoms with Gasteiger partial charge in [-0.15, -0.1) is 0 Å². The van der Waals surface area contributed by atoms with Crippen molar-refractivity contribution >= 4 is 34.9 Å². The molecule has 1 aromatic heterocycles.